The molecule has 116 valence electrons. The molecular formula is C17H26N2O2. The quantitative estimate of drug-likeness (QED) is 0.874. The fourth-order valence-electron chi connectivity index (χ4n) is 2.95. The van der Waals surface area contributed by atoms with E-state index in [-0.39, 0.29) is 11.9 Å². The molecule has 21 heavy (non-hydrogen) atoms. The van der Waals surface area contributed by atoms with Gasteiger partial charge >= 0.3 is 0 Å². The third-order valence-corrected chi connectivity index (χ3v) is 3.92. The zero-order valence-corrected chi connectivity index (χ0v) is 13.3. The highest BCUT2D eigenvalue weighted by Crippen LogP contribution is 2.23. The summed E-state index contributed by atoms with van der Waals surface area (Å²) < 4.78 is 5.52. The number of aryl methyl sites for hydroxylation is 1. The lowest BCUT2D eigenvalue weighted by atomic mass is 10.1. The van der Waals surface area contributed by atoms with Crippen molar-refractivity contribution >= 4 is 11.6 Å². The second-order valence-corrected chi connectivity index (χ2v) is 5.60. The second kappa shape index (κ2) is 7.46. The molecule has 0 bridgehead atoms. The first-order valence-electron chi connectivity index (χ1n) is 7.94. The number of amides is 1. The standard InChI is InChI=1S/C17H26N2O2/c1-4-10-19-11-6-7-15(19)17(20)18-14-8-9-16(21-5-2)13(3)12-14/h8-9,12,15H,4-7,10-11H2,1-3H3,(H,18,20). The van der Waals surface area contributed by atoms with E-state index in [1.54, 1.807) is 0 Å². The Morgan fingerprint density at radius 1 is 1.43 bits per heavy atom. The van der Waals surface area contributed by atoms with Crippen molar-refractivity contribution in [2.24, 2.45) is 0 Å². The van der Waals surface area contributed by atoms with Crippen LogP contribution in [0.25, 0.3) is 0 Å². The number of nitrogens with zero attached hydrogens (tertiary/aromatic N) is 1. The Morgan fingerprint density at radius 3 is 2.90 bits per heavy atom. The van der Waals surface area contributed by atoms with Crippen LogP contribution in [0.5, 0.6) is 5.75 Å². The van der Waals surface area contributed by atoms with Gasteiger partial charge in [-0.1, -0.05) is 6.92 Å². The van der Waals surface area contributed by atoms with Crippen LogP contribution in [0.1, 0.15) is 38.7 Å². The van der Waals surface area contributed by atoms with E-state index in [1.807, 2.05) is 32.0 Å². The third-order valence-electron chi connectivity index (χ3n) is 3.92. The summed E-state index contributed by atoms with van der Waals surface area (Å²) in [4.78, 5) is 14.7. The molecule has 1 amide bonds. The second-order valence-electron chi connectivity index (χ2n) is 5.60. The van der Waals surface area contributed by atoms with E-state index < -0.39 is 0 Å². The van der Waals surface area contributed by atoms with Crippen molar-refractivity contribution < 1.29 is 9.53 Å². The van der Waals surface area contributed by atoms with Crippen LogP contribution in [0.2, 0.25) is 0 Å². The third kappa shape index (κ3) is 3.97. The first-order chi connectivity index (χ1) is 10.2. The van der Waals surface area contributed by atoms with E-state index in [2.05, 4.69) is 17.1 Å². The molecule has 1 N–H and O–H groups in total. The maximum absolute atomic E-state index is 12.4. The van der Waals surface area contributed by atoms with Gasteiger partial charge in [0.15, 0.2) is 0 Å². The number of benzene rings is 1. The van der Waals surface area contributed by atoms with Crippen molar-refractivity contribution in [3.8, 4) is 5.75 Å². The average molecular weight is 290 g/mol. The number of hydrogen-bond donors (Lipinski definition) is 1. The molecule has 1 aromatic carbocycles. The lowest BCUT2D eigenvalue weighted by Gasteiger charge is -2.23. The van der Waals surface area contributed by atoms with Gasteiger partial charge in [0.2, 0.25) is 5.91 Å². The lowest BCUT2D eigenvalue weighted by Crippen LogP contribution is -2.39. The average Bonchev–Trinajstić information content (AvgIpc) is 2.91. The Hall–Kier alpha value is -1.55. The van der Waals surface area contributed by atoms with Gasteiger partial charge in [-0.15, -0.1) is 0 Å². The molecule has 4 heteroatoms. The highest BCUT2D eigenvalue weighted by atomic mass is 16.5. The minimum atomic E-state index is 0.0248. The minimum Gasteiger partial charge on any atom is -0.494 e. The van der Waals surface area contributed by atoms with Crippen molar-refractivity contribution in [2.75, 3.05) is 25.0 Å². The van der Waals surface area contributed by atoms with Gasteiger partial charge in [0.1, 0.15) is 5.75 Å². The molecular weight excluding hydrogens is 264 g/mol. The van der Waals surface area contributed by atoms with E-state index in [0.717, 1.165) is 49.4 Å². The summed E-state index contributed by atoms with van der Waals surface area (Å²) >= 11 is 0. The van der Waals surface area contributed by atoms with Gasteiger partial charge in [0, 0.05) is 5.69 Å². The van der Waals surface area contributed by atoms with E-state index in [9.17, 15) is 4.79 Å². The van der Waals surface area contributed by atoms with Crippen LogP contribution in [0.15, 0.2) is 18.2 Å². The zero-order valence-electron chi connectivity index (χ0n) is 13.3. The molecule has 0 spiro atoms. The van der Waals surface area contributed by atoms with Gasteiger partial charge in [-0.3, -0.25) is 9.69 Å². The fourth-order valence-corrected chi connectivity index (χ4v) is 2.95. The van der Waals surface area contributed by atoms with Gasteiger partial charge in [0.25, 0.3) is 0 Å². The number of ether oxygens (including phenoxy) is 1. The summed E-state index contributed by atoms with van der Waals surface area (Å²) in [5.41, 5.74) is 1.90. The van der Waals surface area contributed by atoms with Gasteiger partial charge < -0.3 is 10.1 Å². The molecule has 1 aliphatic heterocycles. The Morgan fingerprint density at radius 2 is 2.24 bits per heavy atom. The molecule has 0 radical (unpaired) electrons. The molecule has 4 nitrogen and oxygen atoms in total. The number of hydrogen-bond acceptors (Lipinski definition) is 3. The molecule has 1 unspecified atom stereocenters. The SMILES string of the molecule is CCCN1CCCC1C(=O)Nc1ccc(OCC)c(C)c1. The van der Waals surface area contributed by atoms with Crippen LogP contribution < -0.4 is 10.1 Å². The first kappa shape index (κ1) is 15.8. The zero-order chi connectivity index (χ0) is 15.2. The molecule has 0 aromatic heterocycles. The molecule has 1 atom stereocenters. The van der Waals surface area contributed by atoms with Crippen LogP contribution in [-0.4, -0.2) is 36.5 Å². The number of likely N-dealkylation sites (tertiary alicyclic amines) is 1. The summed E-state index contributed by atoms with van der Waals surface area (Å²) in [6.07, 6.45) is 3.16. The largest absolute Gasteiger partial charge is 0.494 e. The first-order valence-corrected chi connectivity index (χ1v) is 7.94. The summed E-state index contributed by atoms with van der Waals surface area (Å²) in [6.45, 7) is 8.81. The fraction of sp³-hybridized carbons (Fsp3) is 0.588. The predicted octanol–water partition coefficient (Wildman–Crippen LogP) is 3.21. The van der Waals surface area contributed by atoms with Crippen molar-refractivity contribution in [3.63, 3.8) is 0 Å². The van der Waals surface area contributed by atoms with Gasteiger partial charge in [0.05, 0.1) is 12.6 Å². The molecule has 1 aromatic rings. The highest BCUT2D eigenvalue weighted by molar-refractivity contribution is 5.95. The number of carbonyl (C=O) groups is 1. The monoisotopic (exact) mass is 290 g/mol. The van der Waals surface area contributed by atoms with Crippen LogP contribution in [0.3, 0.4) is 0 Å². The maximum atomic E-state index is 12.4. The van der Waals surface area contributed by atoms with E-state index >= 15 is 0 Å². The molecule has 1 aliphatic rings. The molecule has 1 saturated heterocycles. The Kier molecular flexibility index (Phi) is 5.62. The highest BCUT2D eigenvalue weighted by Gasteiger charge is 2.29. The molecule has 1 heterocycles. The minimum absolute atomic E-state index is 0.0248. The Balaban J connectivity index is 2.00. The molecule has 0 saturated carbocycles. The van der Waals surface area contributed by atoms with E-state index in [1.165, 1.54) is 0 Å². The summed E-state index contributed by atoms with van der Waals surface area (Å²) in [5, 5.41) is 3.05. The van der Waals surface area contributed by atoms with Gasteiger partial charge in [-0.2, -0.15) is 0 Å². The van der Waals surface area contributed by atoms with Crippen LogP contribution in [-0.2, 0) is 4.79 Å². The van der Waals surface area contributed by atoms with E-state index in [4.69, 9.17) is 4.74 Å². The number of anilines is 1. The topological polar surface area (TPSA) is 41.6 Å². The summed E-state index contributed by atoms with van der Waals surface area (Å²) in [7, 11) is 0. The van der Waals surface area contributed by atoms with Crippen LogP contribution >= 0.6 is 0 Å². The van der Waals surface area contributed by atoms with Crippen LogP contribution in [0.4, 0.5) is 5.69 Å². The van der Waals surface area contributed by atoms with Crippen molar-refractivity contribution in [3.05, 3.63) is 23.8 Å². The van der Waals surface area contributed by atoms with Crippen molar-refractivity contribution in [1.29, 1.82) is 0 Å². The van der Waals surface area contributed by atoms with Crippen molar-refractivity contribution in [2.45, 2.75) is 46.1 Å². The van der Waals surface area contributed by atoms with Crippen molar-refractivity contribution in [1.82, 2.24) is 4.90 Å². The summed E-state index contributed by atoms with van der Waals surface area (Å²) in [6, 6.07) is 5.83. The lowest BCUT2D eigenvalue weighted by molar-refractivity contribution is -0.120. The molecule has 2 rings (SSSR count). The Bertz CT molecular complexity index is 488. The molecule has 1 fully saturated rings. The number of rotatable bonds is 6. The van der Waals surface area contributed by atoms with Crippen LogP contribution in [0, 0.1) is 6.92 Å². The number of carbonyl (C=O) groups excluding carboxylic acids is 1. The molecule has 0 aliphatic carbocycles. The van der Waals surface area contributed by atoms with Gasteiger partial charge in [-0.25, -0.2) is 0 Å². The number of nitrogens with one attached hydrogen (secondary N) is 1. The predicted molar refractivity (Wildman–Crippen MR) is 85.9 cm³/mol. The van der Waals surface area contributed by atoms with E-state index in [0.29, 0.717) is 6.61 Å². The van der Waals surface area contributed by atoms with Gasteiger partial charge in [-0.05, 0) is 70.0 Å². The Labute approximate surface area is 127 Å². The smallest absolute Gasteiger partial charge is 0.241 e. The maximum Gasteiger partial charge on any atom is 0.241 e. The normalized spacial score (nSPS) is 18.7. The summed E-state index contributed by atoms with van der Waals surface area (Å²) in [5.74, 6) is 0.994.